The lowest BCUT2D eigenvalue weighted by atomic mass is 10.2. The van der Waals surface area contributed by atoms with E-state index in [4.69, 9.17) is 16.9 Å². The first-order valence-corrected chi connectivity index (χ1v) is 8.23. The van der Waals surface area contributed by atoms with E-state index in [-0.39, 0.29) is 32.8 Å². The second-order valence-electron chi connectivity index (χ2n) is 4.77. The number of guanidine groups is 1. The molecular weight excluding hydrogens is 359 g/mol. The molecule has 10 heteroatoms. The summed E-state index contributed by atoms with van der Waals surface area (Å²) in [5.41, 5.74) is -0.102. The van der Waals surface area contributed by atoms with Crippen molar-refractivity contribution < 1.29 is 17.9 Å². The Morgan fingerprint density at radius 3 is 2.79 bits per heavy atom. The lowest BCUT2D eigenvalue weighted by Gasteiger charge is -2.20. The first kappa shape index (κ1) is 16.0. The summed E-state index contributed by atoms with van der Waals surface area (Å²) in [5.74, 6) is -1.43. The fraction of sp³-hybridized carbons (Fsp3) is 0. The van der Waals surface area contributed by atoms with Crippen molar-refractivity contribution in [3.05, 3.63) is 46.7 Å². The molecule has 0 saturated heterocycles. The number of fused-ring (bicyclic) bond motifs is 1. The summed E-state index contributed by atoms with van der Waals surface area (Å²) in [6.45, 7) is 0. The maximum absolute atomic E-state index is 13.8. The number of sulfonamides is 1. The summed E-state index contributed by atoms with van der Waals surface area (Å²) in [4.78, 5) is -0.302. The predicted octanol–water partition coefficient (Wildman–Crippen LogP) is 2.64. The third-order valence-corrected chi connectivity index (χ3v) is 4.65. The molecule has 0 unspecified atom stereocenters. The highest BCUT2D eigenvalue weighted by Gasteiger charge is 2.28. The number of nitrogens with one attached hydrogen (secondary N) is 2. The Bertz CT molecular complexity index is 1030. The summed E-state index contributed by atoms with van der Waals surface area (Å²) in [7, 11) is -4.15. The highest BCUT2D eigenvalue weighted by Crippen LogP contribution is 2.37. The van der Waals surface area contributed by atoms with Crippen LogP contribution in [0.25, 0.3) is 0 Å². The number of aromatic hydroxyl groups is 1. The normalized spacial score (nSPS) is 14.8. The van der Waals surface area contributed by atoms with E-state index in [0.29, 0.717) is 0 Å². The Labute approximate surface area is 141 Å². The highest BCUT2D eigenvalue weighted by molar-refractivity contribution is 7.90. The van der Waals surface area contributed by atoms with Crippen molar-refractivity contribution in [1.29, 1.82) is 5.26 Å². The Morgan fingerprint density at radius 2 is 2.08 bits per heavy atom. The SMILES string of the molecule is N#Cc1ccc(F)c(NC2=NS(=O)(=O)c3cc(Cl)cc(O)c3N2)c1. The lowest BCUT2D eigenvalue weighted by molar-refractivity contribution is 0.476. The third kappa shape index (κ3) is 2.84. The average Bonchev–Trinajstić information content (AvgIpc) is 2.50. The molecule has 3 N–H and O–H groups in total. The van der Waals surface area contributed by atoms with E-state index in [1.165, 1.54) is 12.1 Å². The zero-order valence-corrected chi connectivity index (χ0v) is 13.3. The molecule has 0 bridgehead atoms. The second-order valence-corrected chi connectivity index (χ2v) is 6.78. The third-order valence-electron chi connectivity index (χ3n) is 3.13. The molecule has 7 nitrogen and oxygen atoms in total. The van der Waals surface area contributed by atoms with Crippen LogP contribution in [-0.2, 0) is 10.0 Å². The first-order valence-electron chi connectivity index (χ1n) is 6.41. The van der Waals surface area contributed by atoms with Crippen LogP contribution in [0.4, 0.5) is 15.8 Å². The van der Waals surface area contributed by atoms with Crippen molar-refractivity contribution in [2.75, 3.05) is 10.6 Å². The number of phenols is 1. The van der Waals surface area contributed by atoms with Gasteiger partial charge in [0, 0.05) is 11.1 Å². The van der Waals surface area contributed by atoms with Crippen molar-refractivity contribution in [3.63, 3.8) is 0 Å². The monoisotopic (exact) mass is 366 g/mol. The standard InChI is InChI=1S/C14H8ClFN4O3S/c15-8-4-11(21)13-12(5-8)24(22,23)20-14(19-13)18-10-3-7(6-17)1-2-9(10)16/h1-5,21H,(H2,18,19,20). The van der Waals surface area contributed by atoms with Crippen LogP contribution < -0.4 is 10.6 Å². The van der Waals surface area contributed by atoms with Crippen LogP contribution in [0.15, 0.2) is 39.6 Å². The smallest absolute Gasteiger partial charge is 0.287 e. The number of phenolic OH excluding ortho intramolecular Hbond substituents is 1. The molecule has 2 aromatic carbocycles. The molecule has 2 aromatic rings. The minimum atomic E-state index is -4.15. The number of anilines is 2. The molecule has 0 fully saturated rings. The summed E-state index contributed by atoms with van der Waals surface area (Å²) >= 11 is 5.73. The van der Waals surface area contributed by atoms with Gasteiger partial charge in [-0.2, -0.15) is 13.7 Å². The molecule has 24 heavy (non-hydrogen) atoms. The van der Waals surface area contributed by atoms with Gasteiger partial charge in [0.15, 0.2) is 0 Å². The second kappa shape index (κ2) is 5.67. The van der Waals surface area contributed by atoms with Gasteiger partial charge >= 0.3 is 0 Å². The zero-order chi connectivity index (χ0) is 17.5. The first-order chi connectivity index (χ1) is 11.3. The Kier molecular flexibility index (Phi) is 3.79. The maximum atomic E-state index is 13.8. The molecule has 0 spiro atoms. The van der Waals surface area contributed by atoms with E-state index in [1.807, 2.05) is 6.07 Å². The number of halogens is 2. The Morgan fingerprint density at radius 1 is 1.33 bits per heavy atom. The zero-order valence-electron chi connectivity index (χ0n) is 11.7. The van der Waals surface area contributed by atoms with E-state index >= 15 is 0 Å². The lowest BCUT2D eigenvalue weighted by Crippen LogP contribution is -2.28. The summed E-state index contributed by atoms with van der Waals surface area (Å²) in [6.07, 6.45) is 0. The van der Waals surface area contributed by atoms with Crippen LogP contribution in [0, 0.1) is 17.1 Å². The van der Waals surface area contributed by atoms with Crippen LogP contribution in [0.2, 0.25) is 5.02 Å². The number of hydrogen-bond acceptors (Lipinski definition) is 6. The molecule has 1 heterocycles. The van der Waals surface area contributed by atoms with Crippen molar-refractivity contribution in [3.8, 4) is 11.8 Å². The van der Waals surface area contributed by atoms with E-state index in [2.05, 4.69) is 15.0 Å². The van der Waals surface area contributed by atoms with Crippen LogP contribution in [0.3, 0.4) is 0 Å². The van der Waals surface area contributed by atoms with Gasteiger partial charge in [-0.3, -0.25) is 0 Å². The molecule has 0 atom stereocenters. The summed E-state index contributed by atoms with van der Waals surface area (Å²) < 4.78 is 41.7. The molecule has 1 aliphatic rings. The van der Waals surface area contributed by atoms with Crippen LogP contribution in [0.1, 0.15) is 5.56 Å². The molecule has 122 valence electrons. The van der Waals surface area contributed by atoms with Gasteiger partial charge in [-0.05, 0) is 24.3 Å². The minimum Gasteiger partial charge on any atom is -0.506 e. The van der Waals surface area contributed by atoms with Gasteiger partial charge in [-0.15, -0.1) is 4.40 Å². The van der Waals surface area contributed by atoms with Gasteiger partial charge < -0.3 is 15.7 Å². The van der Waals surface area contributed by atoms with Crippen molar-refractivity contribution in [1.82, 2.24) is 0 Å². The van der Waals surface area contributed by atoms with E-state index in [9.17, 15) is 17.9 Å². The van der Waals surface area contributed by atoms with Crippen LogP contribution in [-0.4, -0.2) is 19.5 Å². The number of nitrogens with zero attached hydrogens (tertiary/aromatic N) is 2. The topological polar surface area (TPSA) is 115 Å². The number of benzene rings is 2. The Hall–Kier alpha value is -2.83. The average molecular weight is 367 g/mol. The molecule has 0 radical (unpaired) electrons. The highest BCUT2D eigenvalue weighted by atomic mass is 35.5. The van der Waals surface area contributed by atoms with E-state index in [0.717, 1.165) is 18.2 Å². The van der Waals surface area contributed by atoms with Crippen molar-refractivity contribution in [2.45, 2.75) is 4.90 Å². The largest absolute Gasteiger partial charge is 0.506 e. The summed E-state index contributed by atoms with van der Waals surface area (Å²) in [6, 6.07) is 7.66. The maximum Gasteiger partial charge on any atom is 0.287 e. The summed E-state index contributed by atoms with van der Waals surface area (Å²) in [5, 5.41) is 23.8. The molecule has 0 aliphatic carbocycles. The van der Waals surface area contributed by atoms with Crippen LogP contribution >= 0.6 is 11.6 Å². The Balaban J connectivity index is 2.04. The molecular formula is C14H8ClFN4O3S. The number of hydrogen-bond donors (Lipinski definition) is 3. The van der Waals surface area contributed by atoms with Gasteiger partial charge in [0.25, 0.3) is 10.0 Å². The van der Waals surface area contributed by atoms with Gasteiger partial charge in [0.1, 0.15) is 22.1 Å². The molecule has 0 saturated carbocycles. The number of nitriles is 1. The quantitative estimate of drug-likeness (QED) is 0.668. The number of rotatable bonds is 1. The van der Waals surface area contributed by atoms with Crippen molar-refractivity contribution in [2.24, 2.45) is 4.40 Å². The molecule has 0 amide bonds. The van der Waals surface area contributed by atoms with Gasteiger partial charge in [0.2, 0.25) is 5.96 Å². The molecule has 0 aromatic heterocycles. The fourth-order valence-corrected chi connectivity index (χ4v) is 3.48. The van der Waals surface area contributed by atoms with Gasteiger partial charge in [0.05, 0.1) is 17.3 Å². The van der Waals surface area contributed by atoms with Gasteiger partial charge in [-0.25, -0.2) is 4.39 Å². The fourth-order valence-electron chi connectivity index (χ4n) is 2.08. The molecule has 1 aliphatic heterocycles. The minimum absolute atomic E-state index is 0.0241. The van der Waals surface area contributed by atoms with Gasteiger partial charge in [-0.1, -0.05) is 11.6 Å². The molecule has 3 rings (SSSR count). The van der Waals surface area contributed by atoms with E-state index < -0.39 is 21.6 Å². The predicted molar refractivity (Wildman–Crippen MR) is 86.1 cm³/mol. The van der Waals surface area contributed by atoms with E-state index in [1.54, 1.807) is 0 Å². The van der Waals surface area contributed by atoms with Crippen molar-refractivity contribution >= 4 is 39.0 Å². The van der Waals surface area contributed by atoms with Crippen LogP contribution in [0.5, 0.6) is 5.75 Å².